The average Bonchev–Trinajstić information content (AvgIpc) is 2.54. The summed E-state index contributed by atoms with van der Waals surface area (Å²) in [5, 5.41) is 3.72. The number of hydrogen-bond donors (Lipinski definition) is 3. The zero-order valence-corrected chi connectivity index (χ0v) is 14.5. The van der Waals surface area contributed by atoms with E-state index in [1.807, 2.05) is 31.2 Å². The van der Waals surface area contributed by atoms with Crippen LogP contribution in [0.15, 0.2) is 24.3 Å². The quantitative estimate of drug-likeness (QED) is 0.583. The van der Waals surface area contributed by atoms with Crippen LogP contribution < -0.4 is 20.9 Å². The number of ether oxygens (including phenoxy) is 1. The molecule has 1 aromatic rings. The third-order valence-corrected chi connectivity index (χ3v) is 4.42. The standard InChI is InChI=1S/C17H25N3O2S/c1-12-7-3-5-9-14(12)18-17(23)20-19-16(21)11-22-15-10-6-4-8-13(15)2/h4,6,8,10,12,14H,3,5,7,9,11H2,1-2H3,(H,19,21)(H2,18,20,23)/t12-,14-/m0/s1. The van der Waals surface area contributed by atoms with E-state index in [0.717, 1.165) is 12.0 Å². The van der Waals surface area contributed by atoms with E-state index >= 15 is 0 Å². The number of nitrogens with one attached hydrogen (secondary N) is 3. The van der Waals surface area contributed by atoms with E-state index in [-0.39, 0.29) is 12.5 Å². The van der Waals surface area contributed by atoms with Crippen molar-refractivity contribution in [2.24, 2.45) is 5.92 Å². The Morgan fingerprint density at radius 2 is 2.00 bits per heavy atom. The lowest BCUT2D eigenvalue weighted by molar-refractivity contribution is -0.123. The summed E-state index contributed by atoms with van der Waals surface area (Å²) in [5.74, 6) is 1.04. The van der Waals surface area contributed by atoms with Crippen molar-refractivity contribution in [2.45, 2.75) is 45.6 Å². The summed E-state index contributed by atoms with van der Waals surface area (Å²) in [6.07, 6.45) is 4.85. The van der Waals surface area contributed by atoms with Crippen molar-refractivity contribution in [1.29, 1.82) is 0 Å². The molecule has 126 valence electrons. The number of carbonyl (C=O) groups is 1. The molecule has 1 amide bonds. The smallest absolute Gasteiger partial charge is 0.276 e. The molecule has 0 aliphatic heterocycles. The zero-order chi connectivity index (χ0) is 16.7. The van der Waals surface area contributed by atoms with Crippen molar-refractivity contribution in [3.05, 3.63) is 29.8 Å². The van der Waals surface area contributed by atoms with E-state index in [0.29, 0.717) is 22.8 Å². The highest BCUT2D eigenvalue weighted by Gasteiger charge is 2.21. The van der Waals surface area contributed by atoms with Gasteiger partial charge in [0, 0.05) is 6.04 Å². The molecule has 23 heavy (non-hydrogen) atoms. The van der Waals surface area contributed by atoms with Gasteiger partial charge in [-0.2, -0.15) is 0 Å². The van der Waals surface area contributed by atoms with E-state index in [1.165, 1.54) is 19.3 Å². The summed E-state index contributed by atoms with van der Waals surface area (Å²) in [5.41, 5.74) is 6.30. The fourth-order valence-electron chi connectivity index (χ4n) is 2.76. The molecule has 0 unspecified atom stereocenters. The number of rotatable bonds is 4. The lowest BCUT2D eigenvalue weighted by atomic mass is 9.86. The Morgan fingerprint density at radius 3 is 2.74 bits per heavy atom. The van der Waals surface area contributed by atoms with Gasteiger partial charge in [-0.1, -0.05) is 38.0 Å². The maximum Gasteiger partial charge on any atom is 0.276 e. The van der Waals surface area contributed by atoms with Crippen LogP contribution in [0.2, 0.25) is 0 Å². The van der Waals surface area contributed by atoms with E-state index in [4.69, 9.17) is 17.0 Å². The SMILES string of the molecule is Cc1ccccc1OCC(=O)NNC(=S)N[C@H]1CCCC[C@@H]1C. The van der Waals surface area contributed by atoms with Crippen LogP contribution in [0.3, 0.4) is 0 Å². The molecule has 1 saturated carbocycles. The molecule has 1 aromatic carbocycles. The Kier molecular flexibility index (Phi) is 6.65. The molecule has 3 N–H and O–H groups in total. The number of thiocarbonyl (C=S) groups is 1. The maximum atomic E-state index is 11.8. The van der Waals surface area contributed by atoms with Gasteiger partial charge in [-0.25, -0.2) is 0 Å². The van der Waals surface area contributed by atoms with Gasteiger partial charge >= 0.3 is 0 Å². The molecule has 2 rings (SSSR count). The molecule has 1 fully saturated rings. The predicted octanol–water partition coefficient (Wildman–Crippen LogP) is 2.45. The van der Waals surface area contributed by atoms with Crippen molar-refractivity contribution < 1.29 is 9.53 Å². The molecule has 0 radical (unpaired) electrons. The van der Waals surface area contributed by atoms with Crippen molar-refractivity contribution in [3.63, 3.8) is 0 Å². The van der Waals surface area contributed by atoms with Gasteiger partial charge in [0.05, 0.1) is 0 Å². The summed E-state index contributed by atoms with van der Waals surface area (Å²) in [6.45, 7) is 4.12. The normalized spacial score (nSPS) is 20.4. The summed E-state index contributed by atoms with van der Waals surface area (Å²) in [4.78, 5) is 11.8. The third-order valence-electron chi connectivity index (χ3n) is 4.20. The summed E-state index contributed by atoms with van der Waals surface area (Å²) < 4.78 is 5.48. The van der Waals surface area contributed by atoms with Crippen LogP contribution in [0.4, 0.5) is 0 Å². The predicted molar refractivity (Wildman–Crippen MR) is 95.1 cm³/mol. The van der Waals surface area contributed by atoms with Gasteiger partial charge in [-0.15, -0.1) is 0 Å². The van der Waals surface area contributed by atoms with Crippen LogP contribution in [0.1, 0.15) is 38.2 Å². The summed E-state index contributed by atoms with van der Waals surface area (Å²) >= 11 is 5.23. The summed E-state index contributed by atoms with van der Waals surface area (Å²) in [7, 11) is 0. The highest BCUT2D eigenvalue weighted by atomic mass is 32.1. The molecule has 6 heteroatoms. The molecular formula is C17H25N3O2S. The molecule has 0 bridgehead atoms. The van der Waals surface area contributed by atoms with Crippen LogP contribution in [-0.2, 0) is 4.79 Å². The van der Waals surface area contributed by atoms with E-state index < -0.39 is 0 Å². The molecule has 0 aromatic heterocycles. The molecule has 0 heterocycles. The van der Waals surface area contributed by atoms with E-state index in [2.05, 4.69) is 23.1 Å². The highest BCUT2D eigenvalue weighted by molar-refractivity contribution is 7.80. The largest absolute Gasteiger partial charge is 0.483 e. The minimum atomic E-state index is -0.269. The molecule has 1 aliphatic rings. The van der Waals surface area contributed by atoms with Crippen LogP contribution >= 0.6 is 12.2 Å². The first-order valence-corrected chi connectivity index (χ1v) is 8.51. The zero-order valence-electron chi connectivity index (χ0n) is 13.7. The molecule has 0 spiro atoms. The van der Waals surface area contributed by atoms with Gasteiger partial charge in [0.25, 0.3) is 5.91 Å². The Balaban J connectivity index is 1.67. The number of aryl methyl sites for hydroxylation is 1. The van der Waals surface area contributed by atoms with Gasteiger partial charge in [0.2, 0.25) is 0 Å². The van der Waals surface area contributed by atoms with Gasteiger partial charge in [-0.05, 0) is 49.5 Å². The number of para-hydroxylation sites is 1. The number of benzene rings is 1. The maximum absolute atomic E-state index is 11.8. The van der Waals surface area contributed by atoms with Gasteiger partial charge in [-0.3, -0.25) is 15.6 Å². The number of hydrazine groups is 1. The van der Waals surface area contributed by atoms with Crippen LogP contribution in [0, 0.1) is 12.8 Å². The first-order chi connectivity index (χ1) is 11.1. The van der Waals surface area contributed by atoms with Crippen molar-refractivity contribution in [1.82, 2.24) is 16.2 Å². The molecular weight excluding hydrogens is 310 g/mol. The Labute approximate surface area is 143 Å². The molecule has 2 atom stereocenters. The number of carbonyl (C=O) groups excluding carboxylic acids is 1. The first-order valence-electron chi connectivity index (χ1n) is 8.10. The Bertz CT molecular complexity index is 550. The Morgan fingerprint density at radius 1 is 1.26 bits per heavy atom. The van der Waals surface area contributed by atoms with Crippen LogP contribution in [0.5, 0.6) is 5.75 Å². The molecule has 5 nitrogen and oxygen atoms in total. The Hall–Kier alpha value is -1.82. The second kappa shape index (κ2) is 8.72. The van der Waals surface area contributed by atoms with E-state index in [9.17, 15) is 4.79 Å². The van der Waals surface area contributed by atoms with Gasteiger partial charge < -0.3 is 10.1 Å². The fraction of sp³-hybridized carbons (Fsp3) is 0.529. The van der Waals surface area contributed by atoms with Gasteiger partial charge in [0.15, 0.2) is 11.7 Å². The average molecular weight is 335 g/mol. The summed E-state index contributed by atoms with van der Waals surface area (Å²) in [6, 6.07) is 7.97. The first kappa shape index (κ1) is 17.5. The monoisotopic (exact) mass is 335 g/mol. The van der Waals surface area contributed by atoms with Crippen molar-refractivity contribution in [3.8, 4) is 5.75 Å². The highest BCUT2D eigenvalue weighted by Crippen LogP contribution is 2.23. The minimum absolute atomic E-state index is 0.0553. The van der Waals surface area contributed by atoms with Crippen molar-refractivity contribution >= 4 is 23.2 Å². The van der Waals surface area contributed by atoms with Crippen LogP contribution in [-0.4, -0.2) is 23.7 Å². The van der Waals surface area contributed by atoms with Gasteiger partial charge in [0.1, 0.15) is 5.75 Å². The van der Waals surface area contributed by atoms with Crippen LogP contribution in [0.25, 0.3) is 0 Å². The minimum Gasteiger partial charge on any atom is -0.483 e. The number of amides is 1. The third kappa shape index (κ3) is 5.71. The second-order valence-electron chi connectivity index (χ2n) is 6.07. The number of hydrogen-bond acceptors (Lipinski definition) is 3. The topological polar surface area (TPSA) is 62.4 Å². The lowest BCUT2D eigenvalue weighted by Crippen LogP contribution is -2.52. The lowest BCUT2D eigenvalue weighted by Gasteiger charge is -2.30. The molecule has 0 saturated heterocycles. The van der Waals surface area contributed by atoms with E-state index in [1.54, 1.807) is 0 Å². The fourth-order valence-corrected chi connectivity index (χ4v) is 2.96. The molecule has 1 aliphatic carbocycles. The van der Waals surface area contributed by atoms with Crippen molar-refractivity contribution in [2.75, 3.05) is 6.61 Å². The second-order valence-corrected chi connectivity index (χ2v) is 6.48.